The lowest BCUT2D eigenvalue weighted by atomic mass is 10.2. The van der Waals surface area contributed by atoms with E-state index in [0.717, 1.165) is 0 Å². The molecule has 0 saturated carbocycles. The number of hydrogen-bond donors (Lipinski definition) is 1. The van der Waals surface area contributed by atoms with Crippen molar-refractivity contribution in [3.8, 4) is 0 Å². The van der Waals surface area contributed by atoms with Crippen LogP contribution in [0.1, 0.15) is 26.3 Å². The van der Waals surface area contributed by atoms with Gasteiger partial charge in [0.15, 0.2) is 0 Å². The first-order chi connectivity index (χ1) is 9.40. The first-order valence-corrected chi connectivity index (χ1v) is 6.65. The minimum absolute atomic E-state index is 0.0591. The van der Waals surface area contributed by atoms with Gasteiger partial charge in [-0.3, -0.25) is 9.59 Å². The second-order valence-electron chi connectivity index (χ2n) is 5.16. The number of carbonyl (C=O) groups is 2. The highest BCUT2D eigenvalue weighted by Gasteiger charge is 2.15. The number of carbonyl (C=O) groups excluding carboxylic acids is 2. The molecule has 0 aliphatic carbocycles. The average molecular weight is 280 g/mol. The van der Waals surface area contributed by atoms with Crippen molar-refractivity contribution in [1.29, 1.82) is 0 Å². The van der Waals surface area contributed by atoms with E-state index in [-0.39, 0.29) is 30.7 Å². The third kappa shape index (κ3) is 5.38. The Balaban J connectivity index is 2.64. The molecule has 0 heterocycles. The lowest BCUT2D eigenvalue weighted by Gasteiger charge is -2.21. The highest BCUT2D eigenvalue weighted by molar-refractivity contribution is 5.83. The van der Waals surface area contributed by atoms with Crippen molar-refractivity contribution < 1.29 is 14.0 Å². The number of nitrogens with one attached hydrogen (secondary N) is 1. The normalized spacial score (nSPS) is 10.4. The third-order valence-electron chi connectivity index (χ3n) is 2.81. The summed E-state index contributed by atoms with van der Waals surface area (Å²) >= 11 is 0. The summed E-state index contributed by atoms with van der Waals surface area (Å²) < 4.78 is 13.6. The molecule has 0 atom stereocenters. The number of amides is 2. The van der Waals surface area contributed by atoms with Gasteiger partial charge >= 0.3 is 0 Å². The van der Waals surface area contributed by atoms with Crippen LogP contribution in [0.5, 0.6) is 0 Å². The first-order valence-electron chi connectivity index (χ1n) is 6.65. The Morgan fingerprint density at radius 1 is 1.30 bits per heavy atom. The summed E-state index contributed by atoms with van der Waals surface area (Å²) in [6.07, 6.45) is 0. The molecule has 1 rings (SSSR count). The Morgan fingerprint density at radius 3 is 2.50 bits per heavy atom. The van der Waals surface area contributed by atoms with Crippen molar-refractivity contribution in [1.82, 2.24) is 10.2 Å². The van der Waals surface area contributed by atoms with Gasteiger partial charge in [-0.05, 0) is 12.0 Å². The van der Waals surface area contributed by atoms with Crippen LogP contribution in [0.2, 0.25) is 0 Å². The number of halogens is 1. The van der Waals surface area contributed by atoms with Gasteiger partial charge in [-0.1, -0.05) is 32.0 Å². The van der Waals surface area contributed by atoms with Gasteiger partial charge in [-0.15, -0.1) is 0 Å². The maximum Gasteiger partial charge on any atom is 0.239 e. The molecule has 0 radical (unpaired) electrons. The molecule has 1 N–H and O–H groups in total. The maximum atomic E-state index is 13.6. The smallest absolute Gasteiger partial charge is 0.239 e. The standard InChI is InChI=1S/C15H21FN2O2/c1-11(2)8-17-15(20)10-18(12(3)19)9-13-6-4-5-7-14(13)16/h4-7,11H,8-10H2,1-3H3,(H,17,20). The van der Waals surface area contributed by atoms with Gasteiger partial charge in [0.2, 0.25) is 11.8 Å². The fourth-order valence-electron chi connectivity index (χ4n) is 1.66. The summed E-state index contributed by atoms with van der Waals surface area (Å²) in [7, 11) is 0. The molecule has 2 amide bonds. The highest BCUT2D eigenvalue weighted by Crippen LogP contribution is 2.09. The summed E-state index contributed by atoms with van der Waals surface area (Å²) in [6.45, 7) is 5.94. The van der Waals surface area contributed by atoms with Gasteiger partial charge in [0.1, 0.15) is 5.82 Å². The second kappa shape index (κ2) is 7.62. The first kappa shape index (κ1) is 16.1. The van der Waals surface area contributed by atoms with E-state index in [1.54, 1.807) is 18.2 Å². The maximum absolute atomic E-state index is 13.6. The SMILES string of the molecule is CC(=O)N(CC(=O)NCC(C)C)Cc1ccccc1F. The number of rotatable bonds is 6. The number of hydrogen-bond acceptors (Lipinski definition) is 2. The van der Waals surface area contributed by atoms with E-state index in [0.29, 0.717) is 18.0 Å². The largest absolute Gasteiger partial charge is 0.354 e. The van der Waals surface area contributed by atoms with E-state index in [1.807, 2.05) is 13.8 Å². The van der Waals surface area contributed by atoms with Gasteiger partial charge in [0, 0.05) is 25.6 Å². The fraction of sp³-hybridized carbons (Fsp3) is 0.467. The molecule has 4 nitrogen and oxygen atoms in total. The molecule has 5 heteroatoms. The Labute approximate surface area is 119 Å². The molecule has 1 aromatic carbocycles. The second-order valence-corrected chi connectivity index (χ2v) is 5.16. The molecule has 1 aromatic rings. The van der Waals surface area contributed by atoms with Crippen LogP contribution in [0.4, 0.5) is 4.39 Å². The molecule has 110 valence electrons. The number of benzene rings is 1. The van der Waals surface area contributed by atoms with E-state index in [4.69, 9.17) is 0 Å². The van der Waals surface area contributed by atoms with Crippen LogP contribution in [-0.2, 0) is 16.1 Å². The average Bonchev–Trinajstić information content (AvgIpc) is 2.38. The van der Waals surface area contributed by atoms with Gasteiger partial charge in [0.25, 0.3) is 0 Å². The monoisotopic (exact) mass is 280 g/mol. The van der Waals surface area contributed by atoms with Crippen molar-refractivity contribution in [2.45, 2.75) is 27.3 Å². The summed E-state index contributed by atoms with van der Waals surface area (Å²) in [6, 6.07) is 6.24. The van der Waals surface area contributed by atoms with Crippen LogP contribution in [0.15, 0.2) is 24.3 Å². The van der Waals surface area contributed by atoms with Crippen LogP contribution in [0.25, 0.3) is 0 Å². The van der Waals surface area contributed by atoms with Crippen molar-refractivity contribution in [2.24, 2.45) is 5.92 Å². The van der Waals surface area contributed by atoms with E-state index < -0.39 is 0 Å². The predicted molar refractivity (Wildman–Crippen MR) is 75.3 cm³/mol. The minimum atomic E-state index is -0.374. The van der Waals surface area contributed by atoms with Gasteiger partial charge in [-0.2, -0.15) is 0 Å². The van der Waals surface area contributed by atoms with Crippen molar-refractivity contribution >= 4 is 11.8 Å². The summed E-state index contributed by atoms with van der Waals surface area (Å²) in [5, 5.41) is 2.74. The molecular formula is C15H21FN2O2. The molecule has 0 fully saturated rings. The lowest BCUT2D eigenvalue weighted by molar-refractivity contribution is -0.135. The zero-order valence-electron chi connectivity index (χ0n) is 12.1. The zero-order valence-corrected chi connectivity index (χ0v) is 12.1. The Kier molecular flexibility index (Phi) is 6.15. The zero-order chi connectivity index (χ0) is 15.1. The van der Waals surface area contributed by atoms with E-state index >= 15 is 0 Å². The van der Waals surface area contributed by atoms with Crippen LogP contribution in [0, 0.1) is 11.7 Å². The van der Waals surface area contributed by atoms with Crippen LogP contribution in [-0.4, -0.2) is 29.8 Å². The van der Waals surface area contributed by atoms with Crippen molar-refractivity contribution in [3.63, 3.8) is 0 Å². The molecule has 0 unspecified atom stereocenters. The molecule has 20 heavy (non-hydrogen) atoms. The summed E-state index contributed by atoms with van der Waals surface area (Å²) in [4.78, 5) is 24.6. The molecule has 0 aromatic heterocycles. The quantitative estimate of drug-likeness (QED) is 0.866. The molecular weight excluding hydrogens is 259 g/mol. The fourth-order valence-corrected chi connectivity index (χ4v) is 1.66. The minimum Gasteiger partial charge on any atom is -0.354 e. The van der Waals surface area contributed by atoms with E-state index in [9.17, 15) is 14.0 Å². The Bertz CT molecular complexity index is 475. The van der Waals surface area contributed by atoms with Crippen LogP contribution in [0.3, 0.4) is 0 Å². The molecule has 0 spiro atoms. The van der Waals surface area contributed by atoms with E-state index in [1.165, 1.54) is 17.9 Å². The molecule has 0 aliphatic rings. The molecule has 0 aliphatic heterocycles. The lowest BCUT2D eigenvalue weighted by Crippen LogP contribution is -2.40. The molecule has 0 saturated heterocycles. The Hall–Kier alpha value is -1.91. The number of nitrogens with zero attached hydrogens (tertiary/aromatic N) is 1. The van der Waals surface area contributed by atoms with Gasteiger partial charge in [-0.25, -0.2) is 4.39 Å². The molecule has 0 bridgehead atoms. The van der Waals surface area contributed by atoms with Crippen molar-refractivity contribution in [3.05, 3.63) is 35.6 Å². The third-order valence-corrected chi connectivity index (χ3v) is 2.81. The topological polar surface area (TPSA) is 49.4 Å². The van der Waals surface area contributed by atoms with Crippen LogP contribution < -0.4 is 5.32 Å². The summed E-state index contributed by atoms with van der Waals surface area (Å²) in [5.41, 5.74) is 0.402. The van der Waals surface area contributed by atoms with Crippen LogP contribution >= 0.6 is 0 Å². The van der Waals surface area contributed by atoms with Crippen molar-refractivity contribution in [2.75, 3.05) is 13.1 Å². The van der Waals surface area contributed by atoms with Gasteiger partial charge in [0.05, 0.1) is 6.54 Å². The van der Waals surface area contributed by atoms with E-state index in [2.05, 4.69) is 5.32 Å². The predicted octanol–water partition coefficient (Wildman–Crippen LogP) is 1.95. The summed E-state index contributed by atoms with van der Waals surface area (Å²) in [5.74, 6) is -0.518. The Morgan fingerprint density at radius 2 is 1.95 bits per heavy atom. The highest BCUT2D eigenvalue weighted by atomic mass is 19.1. The van der Waals surface area contributed by atoms with Gasteiger partial charge < -0.3 is 10.2 Å².